The van der Waals surface area contributed by atoms with Crippen molar-refractivity contribution in [3.63, 3.8) is 0 Å². The number of hydrogen-bond donors (Lipinski definition) is 0. The molecule has 0 aliphatic carbocycles. The second kappa shape index (κ2) is 8.81. The molecule has 3 aromatic rings. The highest BCUT2D eigenvalue weighted by molar-refractivity contribution is 8.00. The van der Waals surface area contributed by atoms with E-state index in [1.54, 1.807) is 30.2 Å². The van der Waals surface area contributed by atoms with Gasteiger partial charge >= 0.3 is 0 Å². The molecule has 2 aromatic carbocycles. The van der Waals surface area contributed by atoms with Crippen molar-refractivity contribution in [3.8, 4) is 5.75 Å². The quantitative estimate of drug-likeness (QED) is 0.530. The fourth-order valence-electron chi connectivity index (χ4n) is 3.28. The summed E-state index contributed by atoms with van der Waals surface area (Å²) in [6, 6.07) is 11.7. The molecule has 0 radical (unpaired) electrons. The maximum absolute atomic E-state index is 12.6. The highest BCUT2D eigenvalue weighted by Gasteiger charge is 2.23. The number of thiazole rings is 1. The Bertz CT molecular complexity index is 976. The molecule has 0 saturated carbocycles. The van der Waals surface area contributed by atoms with E-state index in [4.69, 9.17) is 21.3 Å². The van der Waals surface area contributed by atoms with E-state index in [1.165, 1.54) is 0 Å². The number of halogens is 1. The highest BCUT2D eigenvalue weighted by Crippen LogP contribution is 2.35. The molecule has 1 aliphatic heterocycles. The molecule has 5 nitrogen and oxygen atoms in total. The Morgan fingerprint density at radius 2 is 1.90 bits per heavy atom. The molecule has 1 aliphatic rings. The first-order valence-corrected chi connectivity index (χ1v) is 11.6. The number of rotatable bonds is 5. The van der Waals surface area contributed by atoms with Crippen LogP contribution in [0.4, 0.5) is 5.13 Å². The first kappa shape index (κ1) is 20.3. The van der Waals surface area contributed by atoms with Crippen molar-refractivity contribution in [2.45, 2.75) is 11.8 Å². The Balaban J connectivity index is 1.33. The van der Waals surface area contributed by atoms with E-state index in [0.29, 0.717) is 18.8 Å². The largest absolute Gasteiger partial charge is 0.497 e. The standard InChI is InChI=1S/C21H22ClN3O2S2/c1-14-3-8-17(22)20-19(14)23-21(29-20)25-11-9-24(10-12-25)18(26)13-28-16-6-4-15(27-2)5-7-16/h3-8H,9-13H2,1-2H3. The number of aryl methyl sites for hydroxylation is 1. The van der Waals surface area contributed by atoms with Crippen molar-refractivity contribution < 1.29 is 9.53 Å². The van der Waals surface area contributed by atoms with Crippen LogP contribution in [0.2, 0.25) is 5.02 Å². The number of ether oxygens (including phenoxy) is 1. The molecule has 29 heavy (non-hydrogen) atoms. The van der Waals surface area contributed by atoms with E-state index in [9.17, 15) is 4.79 Å². The molecule has 1 fully saturated rings. The van der Waals surface area contributed by atoms with Gasteiger partial charge in [-0.3, -0.25) is 4.79 Å². The summed E-state index contributed by atoms with van der Waals surface area (Å²) >= 11 is 9.53. The Kier molecular flexibility index (Phi) is 6.18. The van der Waals surface area contributed by atoms with Crippen LogP contribution in [0.1, 0.15) is 5.56 Å². The number of piperazine rings is 1. The van der Waals surface area contributed by atoms with Gasteiger partial charge < -0.3 is 14.5 Å². The minimum absolute atomic E-state index is 0.175. The number of hydrogen-bond acceptors (Lipinski definition) is 6. The number of anilines is 1. The summed E-state index contributed by atoms with van der Waals surface area (Å²) in [5, 5.41) is 1.73. The Hall–Kier alpha value is -1.96. The number of thioether (sulfide) groups is 1. The zero-order valence-corrected chi connectivity index (χ0v) is 18.7. The summed E-state index contributed by atoms with van der Waals surface area (Å²) in [7, 11) is 1.65. The number of nitrogens with zero attached hydrogens (tertiary/aromatic N) is 3. The molecule has 0 N–H and O–H groups in total. The number of amides is 1. The van der Waals surface area contributed by atoms with Crippen molar-refractivity contribution in [1.29, 1.82) is 0 Å². The first-order chi connectivity index (χ1) is 14.0. The Labute approximate surface area is 183 Å². The number of carbonyl (C=O) groups excluding carboxylic acids is 1. The van der Waals surface area contributed by atoms with Crippen LogP contribution in [0.25, 0.3) is 10.2 Å². The molecular formula is C21H22ClN3O2S2. The predicted molar refractivity (Wildman–Crippen MR) is 122 cm³/mol. The zero-order chi connectivity index (χ0) is 20.4. The van der Waals surface area contributed by atoms with Crippen molar-refractivity contribution >= 4 is 56.0 Å². The molecule has 1 aromatic heterocycles. The van der Waals surface area contributed by atoms with E-state index < -0.39 is 0 Å². The van der Waals surface area contributed by atoms with Crippen LogP contribution < -0.4 is 9.64 Å². The fraction of sp³-hybridized carbons (Fsp3) is 0.333. The minimum atomic E-state index is 0.175. The summed E-state index contributed by atoms with van der Waals surface area (Å²) in [6.45, 7) is 5.05. The van der Waals surface area contributed by atoms with Crippen molar-refractivity contribution in [2.75, 3.05) is 43.9 Å². The molecule has 1 saturated heterocycles. The topological polar surface area (TPSA) is 45.7 Å². The van der Waals surface area contributed by atoms with Gasteiger partial charge in [0, 0.05) is 31.1 Å². The van der Waals surface area contributed by atoms with Gasteiger partial charge in [-0.15, -0.1) is 11.8 Å². The van der Waals surface area contributed by atoms with Crippen molar-refractivity contribution in [2.24, 2.45) is 0 Å². The van der Waals surface area contributed by atoms with Gasteiger partial charge in [0.15, 0.2) is 5.13 Å². The lowest BCUT2D eigenvalue weighted by Crippen LogP contribution is -2.49. The lowest BCUT2D eigenvalue weighted by atomic mass is 10.2. The van der Waals surface area contributed by atoms with E-state index in [0.717, 1.165) is 49.7 Å². The molecule has 0 bridgehead atoms. The lowest BCUT2D eigenvalue weighted by molar-refractivity contribution is -0.128. The third kappa shape index (κ3) is 4.47. The monoisotopic (exact) mass is 447 g/mol. The van der Waals surface area contributed by atoms with Crippen molar-refractivity contribution in [1.82, 2.24) is 9.88 Å². The maximum atomic E-state index is 12.6. The molecule has 0 atom stereocenters. The third-order valence-corrected chi connectivity index (χ3v) is 7.58. The molecule has 0 unspecified atom stereocenters. The van der Waals surface area contributed by atoms with Crippen LogP contribution in [-0.2, 0) is 4.79 Å². The normalized spacial score (nSPS) is 14.4. The molecule has 152 valence electrons. The molecule has 2 heterocycles. The van der Waals surface area contributed by atoms with E-state index in [2.05, 4.69) is 11.8 Å². The molecule has 0 spiro atoms. The van der Waals surface area contributed by atoms with Crippen LogP contribution in [0.5, 0.6) is 5.75 Å². The van der Waals surface area contributed by atoms with Gasteiger partial charge in [-0.1, -0.05) is 29.0 Å². The number of methoxy groups -OCH3 is 1. The molecular weight excluding hydrogens is 426 g/mol. The number of benzene rings is 2. The van der Waals surface area contributed by atoms with Crippen molar-refractivity contribution in [3.05, 3.63) is 47.0 Å². The van der Waals surface area contributed by atoms with E-state index >= 15 is 0 Å². The summed E-state index contributed by atoms with van der Waals surface area (Å²) in [4.78, 5) is 22.7. The minimum Gasteiger partial charge on any atom is -0.497 e. The van der Waals surface area contributed by atoms with E-state index in [-0.39, 0.29) is 5.91 Å². The Morgan fingerprint density at radius 3 is 2.55 bits per heavy atom. The predicted octanol–water partition coefficient (Wildman–Crippen LogP) is 4.71. The van der Waals surface area contributed by atoms with Crippen LogP contribution in [0.3, 0.4) is 0 Å². The van der Waals surface area contributed by atoms with Crippen LogP contribution in [0.15, 0.2) is 41.3 Å². The maximum Gasteiger partial charge on any atom is 0.233 e. The smallest absolute Gasteiger partial charge is 0.233 e. The second-order valence-electron chi connectivity index (χ2n) is 6.87. The molecule has 1 amide bonds. The zero-order valence-electron chi connectivity index (χ0n) is 16.4. The summed E-state index contributed by atoms with van der Waals surface area (Å²) < 4.78 is 6.21. The molecule has 4 rings (SSSR count). The second-order valence-corrected chi connectivity index (χ2v) is 9.30. The van der Waals surface area contributed by atoms with Gasteiger partial charge in [-0.2, -0.15) is 0 Å². The average molecular weight is 448 g/mol. The summed E-state index contributed by atoms with van der Waals surface area (Å²) in [5.41, 5.74) is 2.11. The molecule has 8 heteroatoms. The number of fused-ring (bicyclic) bond motifs is 1. The third-order valence-electron chi connectivity index (χ3n) is 5.01. The van der Waals surface area contributed by atoms with Crippen LogP contribution in [-0.4, -0.2) is 54.8 Å². The Morgan fingerprint density at radius 1 is 1.17 bits per heavy atom. The van der Waals surface area contributed by atoms with E-state index in [1.807, 2.05) is 41.3 Å². The van der Waals surface area contributed by atoms with Gasteiger partial charge in [-0.25, -0.2) is 4.98 Å². The van der Waals surface area contributed by atoms with Gasteiger partial charge in [0.25, 0.3) is 0 Å². The van der Waals surface area contributed by atoms with Crippen LogP contribution in [0, 0.1) is 6.92 Å². The SMILES string of the molecule is COc1ccc(SCC(=O)N2CCN(c3nc4c(C)ccc(Cl)c4s3)CC2)cc1. The number of aromatic nitrogens is 1. The van der Waals surface area contributed by atoms with Crippen LogP contribution >= 0.6 is 34.7 Å². The summed E-state index contributed by atoms with van der Waals surface area (Å²) in [5.74, 6) is 1.44. The first-order valence-electron chi connectivity index (χ1n) is 9.40. The lowest BCUT2D eigenvalue weighted by Gasteiger charge is -2.34. The fourth-order valence-corrected chi connectivity index (χ4v) is 5.45. The van der Waals surface area contributed by atoms with Gasteiger partial charge in [0.05, 0.1) is 28.1 Å². The average Bonchev–Trinajstić information content (AvgIpc) is 3.22. The number of carbonyl (C=O) groups is 1. The van der Waals surface area contributed by atoms with Gasteiger partial charge in [0.2, 0.25) is 5.91 Å². The van der Waals surface area contributed by atoms with Gasteiger partial charge in [0.1, 0.15) is 5.75 Å². The van der Waals surface area contributed by atoms with Gasteiger partial charge in [-0.05, 0) is 42.8 Å². The summed E-state index contributed by atoms with van der Waals surface area (Å²) in [6.07, 6.45) is 0. The highest BCUT2D eigenvalue weighted by atomic mass is 35.5.